The van der Waals surface area contributed by atoms with Crippen LogP contribution < -0.4 is 10.6 Å². The lowest BCUT2D eigenvalue weighted by atomic mass is 10.1. The second-order valence-corrected chi connectivity index (χ2v) is 10.6. The van der Waals surface area contributed by atoms with Gasteiger partial charge in [-0.05, 0) is 25.0 Å². The smallest absolute Gasteiger partial charge is 0.294 e. The van der Waals surface area contributed by atoms with E-state index >= 15 is 0 Å². The number of nitrogens with one attached hydrogen (secondary N) is 2. The number of benzene rings is 1. The van der Waals surface area contributed by atoms with E-state index in [0.29, 0.717) is 28.8 Å². The fourth-order valence-electron chi connectivity index (χ4n) is 5.39. The van der Waals surface area contributed by atoms with E-state index in [0.717, 1.165) is 12.8 Å². The zero-order chi connectivity index (χ0) is 27.0. The number of carbonyl (C=O) groups excluding carboxylic acids is 2. The topological polar surface area (TPSA) is 139 Å². The summed E-state index contributed by atoms with van der Waals surface area (Å²) >= 11 is 3.33. The molecule has 0 spiro atoms. The van der Waals surface area contributed by atoms with Gasteiger partial charge in [0.1, 0.15) is 5.69 Å². The number of amides is 2. The summed E-state index contributed by atoms with van der Waals surface area (Å²) in [6, 6.07) is 4.20. The van der Waals surface area contributed by atoms with Crippen LogP contribution in [0.25, 0.3) is 0 Å². The fourth-order valence-corrected chi connectivity index (χ4v) is 5.83. The van der Waals surface area contributed by atoms with E-state index in [4.69, 9.17) is 9.47 Å². The minimum Gasteiger partial charge on any atom is -0.387 e. The van der Waals surface area contributed by atoms with Crippen LogP contribution in [0.1, 0.15) is 33.6 Å². The number of methoxy groups -OCH3 is 1. The van der Waals surface area contributed by atoms with Crippen molar-refractivity contribution in [1.82, 2.24) is 14.8 Å². The Kier molecular flexibility index (Phi) is 7.50. The molecule has 13 heteroatoms. The molecule has 0 saturated carbocycles. The lowest BCUT2D eigenvalue weighted by Gasteiger charge is -2.33. The van der Waals surface area contributed by atoms with Crippen LogP contribution in [0.15, 0.2) is 35.1 Å². The number of likely N-dealkylation sites (tertiary alicyclic amines) is 2. The van der Waals surface area contributed by atoms with Crippen molar-refractivity contribution < 1.29 is 24.0 Å². The highest BCUT2D eigenvalue weighted by Crippen LogP contribution is 2.36. The number of nitrogens with zero attached hydrogens (tertiary/aromatic N) is 4. The van der Waals surface area contributed by atoms with Crippen LogP contribution in [0.2, 0.25) is 0 Å². The van der Waals surface area contributed by atoms with Gasteiger partial charge in [-0.15, -0.1) is 0 Å². The molecule has 38 heavy (non-hydrogen) atoms. The summed E-state index contributed by atoms with van der Waals surface area (Å²) in [7, 11) is 3.27. The van der Waals surface area contributed by atoms with Crippen molar-refractivity contribution in [2.75, 3.05) is 51.0 Å². The molecule has 0 radical (unpaired) electrons. The van der Waals surface area contributed by atoms with Gasteiger partial charge in [-0.1, -0.05) is 15.9 Å². The average Bonchev–Trinajstić information content (AvgIpc) is 3.49. The Labute approximate surface area is 227 Å². The number of carbonyl (C=O) groups is 2. The SMILES string of the molecule is CNc1cncc(C(=O)N2C[C@H](Nc3c(C(=O)N4CC5CCC(C4)O5)cc(Br)cc3[N+](=O)[O-])[C@@H](OC)C2)c1. The van der Waals surface area contributed by atoms with Crippen molar-refractivity contribution in [1.29, 1.82) is 0 Å². The maximum absolute atomic E-state index is 13.7. The molecule has 3 fully saturated rings. The third-order valence-corrected chi connectivity index (χ3v) is 7.76. The molecule has 3 aliphatic rings. The molecule has 4 atom stereocenters. The van der Waals surface area contributed by atoms with Gasteiger partial charge in [-0.3, -0.25) is 24.7 Å². The van der Waals surface area contributed by atoms with Gasteiger partial charge in [0, 0.05) is 63.3 Å². The molecule has 3 saturated heterocycles. The Morgan fingerprint density at radius 3 is 2.47 bits per heavy atom. The van der Waals surface area contributed by atoms with Crippen LogP contribution in [0.4, 0.5) is 17.1 Å². The maximum Gasteiger partial charge on any atom is 0.294 e. The molecule has 0 aliphatic carbocycles. The molecule has 2 N–H and O–H groups in total. The van der Waals surface area contributed by atoms with Gasteiger partial charge < -0.3 is 29.9 Å². The van der Waals surface area contributed by atoms with Crippen molar-refractivity contribution in [2.24, 2.45) is 0 Å². The largest absolute Gasteiger partial charge is 0.387 e. The number of anilines is 2. The molecule has 5 rings (SSSR count). The first kappa shape index (κ1) is 26.3. The predicted molar refractivity (Wildman–Crippen MR) is 142 cm³/mol. The van der Waals surface area contributed by atoms with Crippen LogP contribution in [0.3, 0.4) is 0 Å². The van der Waals surface area contributed by atoms with E-state index in [1.807, 2.05) is 0 Å². The molecule has 12 nitrogen and oxygen atoms in total. The number of ether oxygens (including phenoxy) is 2. The van der Waals surface area contributed by atoms with E-state index in [2.05, 4.69) is 31.5 Å². The fraction of sp³-hybridized carbons (Fsp3) is 0.480. The summed E-state index contributed by atoms with van der Waals surface area (Å²) in [6.07, 6.45) is 4.42. The van der Waals surface area contributed by atoms with Gasteiger partial charge in [0.15, 0.2) is 0 Å². The Morgan fingerprint density at radius 1 is 1.11 bits per heavy atom. The number of hydrogen-bond donors (Lipinski definition) is 2. The third kappa shape index (κ3) is 5.18. The zero-order valence-corrected chi connectivity index (χ0v) is 22.6. The number of fused-ring (bicyclic) bond motifs is 2. The lowest BCUT2D eigenvalue weighted by molar-refractivity contribution is -0.384. The first-order valence-corrected chi connectivity index (χ1v) is 13.2. The highest BCUT2D eigenvalue weighted by Gasteiger charge is 2.40. The Hall–Kier alpha value is -3.29. The van der Waals surface area contributed by atoms with Crippen molar-refractivity contribution in [3.63, 3.8) is 0 Å². The lowest BCUT2D eigenvalue weighted by Crippen LogP contribution is -2.46. The molecule has 2 amide bonds. The van der Waals surface area contributed by atoms with Crippen LogP contribution >= 0.6 is 15.9 Å². The van der Waals surface area contributed by atoms with Crippen molar-refractivity contribution in [2.45, 2.75) is 37.2 Å². The monoisotopic (exact) mass is 588 g/mol. The summed E-state index contributed by atoms with van der Waals surface area (Å²) in [5, 5.41) is 18.3. The molecule has 1 aromatic heterocycles. The zero-order valence-electron chi connectivity index (χ0n) is 21.1. The van der Waals surface area contributed by atoms with Gasteiger partial charge in [-0.2, -0.15) is 0 Å². The Bertz CT molecular complexity index is 1250. The molecular formula is C25H29BrN6O6. The standard InChI is InChI=1S/C25H29BrN6O6/c1-27-16-5-14(8-28-9-16)24(33)31-12-20(22(13-31)37-2)29-23-19(6-15(26)7-21(23)32(35)36)25(34)30-10-17-3-4-18(11-30)38-17/h5-9,17-18,20,22,27,29H,3-4,10-13H2,1-2H3/t17?,18?,20-,22-/m0/s1. The van der Waals surface area contributed by atoms with Gasteiger partial charge in [0.05, 0.1) is 46.1 Å². The maximum atomic E-state index is 13.7. The van der Waals surface area contributed by atoms with Crippen LogP contribution in [-0.4, -0.2) is 96.2 Å². The summed E-state index contributed by atoms with van der Waals surface area (Å²) in [5.41, 5.74) is 1.20. The highest BCUT2D eigenvalue weighted by atomic mass is 79.9. The Balaban J connectivity index is 1.43. The summed E-state index contributed by atoms with van der Waals surface area (Å²) in [4.78, 5) is 45.9. The number of rotatable bonds is 7. The molecule has 2 aromatic rings. The van der Waals surface area contributed by atoms with E-state index in [-0.39, 0.29) is 54.1 Å². The third-order valence-electron chi connectivity index (χ3n) is 7.30. The summed E-state index contributed by atoms with van der Waals surface area (Å²) in [5.74, 6) is -0.529. The average molecular weight is 589 g/mol. The first-order chi connectivity index (χ1) is 18.3. The molecule has 2 bridgehead atoms. The molecular weight excluding hydrogens is 560 g/mol. The molecule has 1 aromatic carbocycles. The quantitative estimate of drug-likeness (QED) is 0.369. The minimum absolute atomic E-state index is 0.0144. The van der Waals surface area contributed by atoms with Crippen LogP contribution in [-0.2, 0) is 9.47 Å². The van der Waals surface area contributed by atoms with E-state index in [9.17, 15) is 19.7 Å². The van der Waals surface area contributed by atoms with E-state index in [1.165, 1.54) is 19.4 Å². The van der Waals surface area contributed by atoms with Crippen LogP contribution in [0, 0.1) is 10.1 Å². The van der Waals surface area contributed by atoms with Crippen molar-refractivity contribution >= 4 is 44.8 Å². The molecule has 4 heterocycles. The highest BCUT2D eigenvalue weighted by molar-refractivity contribution is 9.10. The molecule has 202 valence electrons. The number of halogens is 1. The normalized spacial score (nSPS) is 24.4. The number of hydrogen-bond acceptors (Lipinski definition) is 9. The second-order valence-electron chi connectivity index (χ2n) is 9.72. The van der Waals surface area contributed by atoms with Crippen LogP contribution in [0.5, 0.6) is 0 Å². The number of aromatic nitrogens is 1. The Morgan fingerprint density at radius 2 is 1.82 bits per heavy atom. The van der Waals surface area contributed by atoms with E-state index in [1.54, 1.807) is 35.2 Å². The van der Waals surface area contributed by atoms with Gasteiger partial charge in [0.2, 0.25) is 0 Å². The van der Waals surface area contributed by atoms with Crippen molar-refractivity contribution in [3.05, 3.63) is 56.3 Å². The van der Waals surface area contributed by atoms with E-state index < -0.39 is 17.1 Å². The first-order valence-electron chi connectivity index (χ1n) is 12.4. The second kappa shape index (κ2) is 10.8. The van der Waals surface area contributed by atoms with Gasteiger partial charge in [-0.25, -0.2) is 0 Å². The molecule has 3 aliphatic heterocycles. The van der Waals surface area contributed by atoms with Gasteiger partial charge in [0.25, 0.3) is 17.5 Å². The summed E-state index contributed by atoms with van der Waals surface area (Å²) in [6.45, 7) is 1.39. The summed E-state index contributed by atoms with van der Waals surface area (Å²) < 4.78 is 11.9. The number of pyridine rings is 1. The predicted octanol–water partition coefficient (Wildman–Crippen LogP) is 2.75. The number of nitro groups is 1. The van der Waals surface area contributed by atoms with Gasteiger partial charge >= 0.3 is 0 Å². The number of nitro benzene ring substituents is 1. The minimum atomic E-state index is -0.512. The number of morpholine rings is 1. The molecule has 2 unspecified atom stereocenters. The van der Waals surface area contributed by atoms with Crippen molar-refractivity contribution in [3.8, 4) is 0 Å².